The Balaban J connectivity index is 1.54. The van der Waals surface area contributed by atoms with Crippen molar-refractivity contribution in [2.45, 2.75) is 37.3 Å². The lowest BCUT2D eigenvalue weighted by Gasteiger charge is -2.34. The lowest BCUT2D eigenvalue weighted by Crippen LogP contribution is -2.49. The Hall–Kier alpha value is -2.45. The smallest absolute Gasteiger partial charge is 0.328 e. The predicted octanol–water partition coefficient (Wildman–Crippen LogP) is 4.39. The summed E-state index contributed by atoms with van der Waals surface area (Å²) in [5.74, 6) is -0.128. The van der Waals surface area contributed by atoms with Gasteiger partial charge in [0.2, 0.25) is 5.91 Å². The van der Waals surface area contributed by atoms with Crippen LogP contribution in [0.1, 0.15) is 26.2 Å². The van der Waals surface area contributed by atoms with Crippen LogP contribution in [0.3, 0.4) is 0 Å². The first-order valence-corrected chi connectivity index (χ1v) is 11.9. The highest BCUT2D eigenvalue weighted by Gasteiger charge is 2.33. The molecule has 2 aromatic heterocycles. The van der Waals surface area contributed by atoms with E-state index in [1.807, 2.05) is 18.2 Å². The zero-order valence-electron chi connectivity index (χ0n) is 16.7. The number of piperidine rings is 1. The number of thiophene rings is 1. The Morgan fingerprint density at radius 3 is 2.87 bits per heavy atom. The monoisotopic (exact) mass is 441 g/mol. The summed E-state index contributed by atoms with van der Waals surface area (Å²) >= 11 is 2.98. The number of hydrogen-bond donors (Lipinski definition) is 0. The van der Waals surface area contributed by atoms with Crippen molar-refractivity contribution in [1.29, 1.82) is 0 Å². The zero-order valence-corrected chi connectivity index (χ0v) is 18.4. The molecule has 1 unspecified atom stereocenters. The number of esters is 1. The van der Waals surface area contributed by atoms with Crippen LogP contribution < -0.4 is 0 Å². The molecule has 1 aliphatic heterocycles. The molecule has 4 rings (SSSR count). The second kappa shape index (κ2) is 9.57. The molecule has 6 nitrogen and oxygen atoms in total. The average Bonchev–Trinajstić information content (AvgIpc) is 3.23. The number of benzene rings is 1. The van der Waals surface area contributed by atoms with Crippen LogP contribution in [0.4, 0.5) is 0 Å². The van der Waals surface area contributed by atoms with Gasteiger partial charge in [0, 0.05) is 17.5 Å². The molecule has 8 heteroatoms. The summed E-state index contributed by atoms with van der Waals surface area (Å²) in [6, 6.07) is 9.65. The van der Waals surface area contributed by atoms with Gasteiger partial charge in [-0.2, -0.15) is 0 Å². The molecule has 1 aromatic carbocycles. The van der Waals surface area contributed by atoms with Crippen LogP contribution in [0.5, 0.6) is 0 Å². The van der Waals surface area contributed by atoms with Crippen molar-refractivity contribution in [2.24, 2.45) is 0 Å². The van der Waals surface area contributed by atoms with E-state index in [1.54, 1.807) is 29.5 Å². The molecule has 3 heterocycles. The fourth-order valence-electron chi connectivity index (χ4n) is 3.71. The van der Waals surface area contributed by atoms with Gasteiger partial charge in [0.05, 0.1) is 17.7 Å². The number of hydrogen-bond acceptors (Lipinski definition) is 7. The normalized spacial score (nSPS) is 16.6. The van der Waals surface area contributed by atoms with Gasteiger partial charge in [-0.15, -0.1) is 11.3 Å². The minimum atomic E-state index is -0.474. The van der Waals surface area contributed by atoms with E-state index in [4.69, 9.17) is 4.74 Å². The molecule has 0 N–H and O–H groups in total. The van der Waals surface area contributed by atoms with Crippen LogP contribution >= 0.6 is 23.1 Å². The third-order valence-corrected chi connectivity index (χ3v) is 7.00. The molecule has 0 saturated carbocycles. The van der Waals surface area contributed by atoms with E-state index in [0.29, 0.717) is 19.6 Å². The van der Waals surface area contributed by atoms with Crippen molar-refractivity contribution in [3.05, 3.63) is 42.0 Å². The van der Waals surface area contributed by atoms with Crippen LogP contribution in [0.15, 0.2) is 47.1 Å². The van der Waals surface area contributed by atoms with Crippen LogP contribution in [0.2, 0.25) is 0 Å². The Bertz CT molecular complexity index is 1040. The maximum absolute atomic E-state index is 13.0. The summed E-state index contributed by atoms with van der Waals surface area (Å²) in [7, 11) is 0. The summed E-state index contributed by atoms with van der Waals surface area (Å²) in [6.07, 6.45) is 4.05. The standard InChI is InChI=1S/C22H23N3O3S2/c1-2-28-22(27)17-10-6-7-11-25(17)18(26)13-30-21-19-16(15-8-4-3-5-9-15)12-29-20(19)23-14-24-21/h3-5,8-9,12,14,17H,2,6-7,10-11,13H2,1H3. The summed E-state index contributed by atoms with van der Waals surface area (Å²) in [6.45, 7) is 2.70. The first kappa shape index (κ1) is 20.8. The Labute approximate surface area is 183 Å². The molecule has 0 spiro atoms. The summed E-state index contributed by atoms with van der Waals surface area (Å²) in [4.78, 5) is 36.7. The summed E-state index contributed by atoms with van der Waals surface area (Å²) < 4.78 is 5.18. The van der Waals surface area contributed by atoms with Crippen molar-refractivity contribution >= 4 is 45.2 Å². The second-order valence-electron chi connectivity index (χ2n) is 7.01. The number of aromatic nitrogens is 2. The van der Waals surface area contributed by atoms with Crippen LogP contribution in [-0.4, -0.2) is 51.7 Å². The number of thioether (sulfide) groups is 1. The van der Waals surface area contributed by atoms with Crippen molar-refractivity contribution in [3.8, 4) is 11.1 Å². The summed E-state index contributed by atoms with van der Waals surface area (Å²) in [5.41, 5.74) is 2.18. The minimum Gasteiger partial charge on any atom is -0.464 e. The van der Waals surface area contributed by atoms with E-state index in [9.17, 15) is 9.59 Å². The van der Waals surface area contributed by atoms with Gasteiger partial charge in [-0.05, 0) is 31.7 Å². The number of nitrogens with zero attached hydrogens (tertiary/aromatic N) is 3. The molecule has 1 saturated heterocycles. The van der Waals surface area contributed by atoms with Gasteiger partial charge in [-0.25, -0.2) is 14.8 Å². The number of amides is 1. The van der Waals surface area contributed by atoms with Crippen molar-refractivity contribution < 1.29 is 14.3 Å². The molecule has 1 amide bonds. The Morgan fingerprint density at radius 2 is 2.07 bits per heavy atom. The van der Waals surface area contributed by atoms with E-state index in [1.165, 1.54) is 11.8 Å². The van der Waals surface area contributed by atoms with E-state index < -0.39 is 6.04 Å². The number of likely N-dealkylation sites (tertiary alicyclic amines) is 1. The lowest BCUT2D eigenvalue weighted by molar-refractivity contribution is -0.155. The fraction of sp³-hybridized carbons (Fsp3) is 0.364. The molecule has 156 valence electrons. The van der Waals surface area contributed by atoms with Gasteiger partial charge in [-0.3, -0.25) is 4.79 Å². The number of rotatable bonds is 6. The number of carbonyl (C=O) groups is 2. The largest absolute Gasteiger partial charge is 0.464 e. The molecule has 0 radical (unpaired) electrons. The minimum absolute atomic E-state index is 0.0546. The molecule has 3 aromatic rings. The maximum atomic E-state index is 13.0. The highest BCUT2D eigenvalue weighted by atomic mass is 32.2. The number of carbonyl (C=O) groups excluding carboxylic acids is 2. The lowest BCUT2D eigenvalue weighted by atomic mass is 10.0. The average molecular weight is 442 g/mol. The number of fused-ring (bicyclic) bond motifs is 1. The second-order valence-corrected chi connectivity index (χ2v) is 8.84. The van der Waals surface area contributed by atoms with Crippen LogP contribution in [0.25, 0.3) is 21.3 Å². The molecular weight excluding hydrogens is 418 g/mol. The predicted molar refractivity (Wildman–Crippen MR) is 120 cm³/mol. The van der Waals surface area contributed by atoms with E-state index >= 15 is 0 Å². The maximum Gasteiger partial charge on any atom is 0.328 e. The Kier molecular flexibility index (Phi) is 6.64. The molecule has 1 aliphatic rings. The summed E-state index contributed by atoms with van der Waals surface area (Å²) in [5, 5.41) is 3.85. The van der Waals surface area contributed by atoms with Crippen LogP contribution in [-0.2, 0) is 14.3 Å². The Morgan fingerprint density at radius 1 is 1.23 bits per heavy atom. The molecule has 1 fully saturated rings. The number of ether oxygens (including phenoxy) is 1. The van der Waals surface area contributed by atoms with Gasteiger partial charge in [0.25, 0.3) is 0 Å². The van der Waals surface area contributed by atoms with Crippen molar-refractivity contribution in [2.75, 3.05) is 18.9 Å². The van der Waals surface area contributed by atoms with Gasteiger partial charge < -0.3 is 9.64 Å². The van der Waals surface area contributed by atoms with E-state index in [-0.39, 0.29) is 17.6 Å². The topological polar surface area (TPSA) is 72.4 Å². The first-order valence-electron chi connectivity index (χ1n) is 10.1. The van der Waals surface area contributed by atoms with E-state index in [0.717, 1.165) is 39.2 Å². The third-order valence-electron chi connectivity index (χ3n) is 5.13. The molecule has 0 aliphatic carbocycles. The SMILES string of the molecule is CCOC(=O)C1CCCCN1C(=O)CSc1ncnc2scc(-c3ccccc3)c12. The van der Waals surface area contributed by atoms with E-state index in [2.05, 4.69) is 27.5 Å². The van der Waals surface area contributed by atoms with Gasteiger partial charge in [-0.1, -0.05) is 42.1 Å². The van der Waals surface area contributed by atoms with Crippen molar-refractivity contribution in [1.82, 2.24) is 14.9 Å². The van der Waals surface area contributed by atoms with Crippen LogP contribution in [0, 0.1) is 0 Å². The quantitative estimate of drug-likeness (QED) is 0.321. The van der Waals surface area contributed by atoms with Gasteiger partial charge >= 0.3 is 5.97 Å². The highest BCUT2D eigenvalue weighted by molar-refractivity contribution is 8.00. The highest BCUT2D eigenvalue weighted by Crippen LogP contribution is 2.37. The first-order chi connectivity index (χ1) is 14.7. The van der Waals surface area contributed by atoms with Gasteiger partial charge in [0.1, 0.15) is 22.2 Å². The molecular formula is C22H23N3O3S2. The zero-order chi connectivity index (χ0) is 20.9. The molecule has 30 heavy (non-hydrogen) atoms. The third kappa shape index (κ3) is 4.34. The van der Waals surface area contributed by atoms with Gasteiger partial charge in [0.15, 0.2) is 0 Å². The fourth-order valence-corrected chi connectivity index (χ4v) is 5.59. The van der Waals surface area contributed by atoms with Crippen molar-refractivity contribution in [3.63, 3.8) is 0 Å². The molecule has 1 atom stereocenters. The molecule has 0 bridgehead atoms.